The van der Waals surface area contributed by atoms with E-state index in [1.54, 1.807) is 6.07 Å². The first-order valence-corrected chi connectivity index (χ1v) is 7.02. The summed E-state index contributed by atoms with van der Waals surface area (Å²) in [5.74, 6) is 1.35. The monoisotopic (exact) mass is 283 g/mol. The summed E-state index contributed by atoms with van der Waals surface area (Å²) in [5.41, 5.74) is 1.80. The van der Waals surface area contributed by atoms with Crippen LogP contribution < -0.4 is 10.1 Å². The van der Waals surface area contributed by atoms with Crippen LogP contribution in [0.5, 0.6) is 5.75 Å². The maximum Gasteiger partial charge on any atom is 0.251 e. The van der Waals surface area contributed by atoms with Crippen molar-refractivity contribution in [2.24, 2.45) is 0 Å². The zero-order chi connectivity index (χ0) is 13.5. The summed E-state index contributed by atoms with van der Waals surface area (Å²) in [6.45, 7) is 2.48. The van der Waals surface area contributed by atoms with E-state index in [2.05, 4.69) is 5.32 Å². The number of benzene rings is 1. The van der Waals surface area contributed by atoms with E-state index in [-0.39, 0.29) is 5.91 Å². The van der Waals surface area contributed by atoms with Gasteiger partial charge in [0.1, 0.15) is 5.75 Å². The Morgan fingerprint density at radius 3 is 3.16 bits per heavy atom. The first kappa shape index (κ1) is 14.2. The van der Waals surface area contributed by atoms with Crippen LogP contribution in [0.25, 0.3) is 0 Å². The van der Waals surface area contributed by atoms with Gasteiger partial charge in [-0.25, -0.2) is 0 Å². The number of alkyl halides is 1. The van der Waals surface area contributed by atoms with Crippen LogP contribution in [-0.4, -0.2) is 38.2 Å². The van der Waals surface area contributed by atoms with Gasteiger partial charge in [-0.1, -0.05) is 0 Å². The van der Waals surface area contributed by atoms with E-state index in [9.17, 15) is 4.79 Å². The van der Waals surface area contributed by atoms with Crippen molar-refractivity contribution >= 4 is 17.5 Å². The fourth-order valence-corrected chi connectivity index (χ4v) is 2.07. The van der Waals surface area contributed by atoms with Crippen molar-refractivity contribution in [3.63, 3.8) is 0 Å². The maximum atomic E-state index is 11.9. The third-order valence-corrected chi connectivity index (χ3v) is 3.08. The summed E-state index contributed by atoms with van der Waals surface area (Å²) in [7, 11) is 0. The van der Waals surface area contributed by atoms with E-state index in [4.69, 9.17) is 21.1 Å². The van der Waals surface area contributed by atoms with E-state index < -0.39 is 0 Å². The Labute approximate surface area is 118 Å². The number of rotatable bonds is 7. The first-order chi connectivity index (χ1) is 9.31. The largest absolute Gasteiger partial charge is 0.493 e. The third kappa shape index (κ3) is 4.11. The van der Waals surface area contributed by atoms with Crippen molar-refractivity contribution < 1.29 is 14.3 Å². The van der Waals surface area contributed by atoms with Crippen LogP contribution in [0.15, 0.2) is 18.2 Å². The Kier molecular flexibility index (Phi) is 5.48. The zero-order valence-corrected chi connectivity index (χ0v) is 11.5. The standard InChI is InChI=1S/C14H18ClNO3/c15-5-9-18-7-1-6-16-14(17)12-2-3-13-11(10-12)4-8-19-13/h2-3,10H,1,4-9H2,(H,16,17). The van der Waals surface area contributed by atoms with Gasteiger partial charge in [0, 0.05) is 31.0 Å². The van der Waals surface area contributed by atoms with Gasteiger partial charge in [-0.3, -0.25) is 4.79 Å². The molecule has 0 saturated heterocycles. The third-order valence-electron chi connectivity index (χ3n) is 2.92. The van der Waals surface area contributed by atoms with Crippen LogP contribution in [0.1, 0.15) is 22.3 Å². The molecule has 5 heteroatoms. The van der Waals surface area contributed by atoms with Crippen molar-refractivity contribution in [3.8, 4) is 5.75 Å². The molecular formula is C14H18ClNO3. The number of fused-ring (bicyclic) bond motifs is 1. The number of nitrogens with one attached hydrogen (secondary N) is 1. The predicted molar refractivity (Wildman–Crippen MR) is 74.1 cm³/mol. The highest BCUT2D eigenvalue weighted by molar-refractivity contribution is 6.17. The molecule has 0 unspecified atom stereocenters. The molecule has 0 radical (unpaired) electrons. The smallest absolute Gasteiger partial charge is 0.251 e. The Morgan fingerprint density at radius 2 is 2.32 bits per heavy atom. The number of hydrogen-bond donors (Lipinski definition) is 1. The van der Waals surface area contributed by atoms with Crippen molar-refractivity contribution in [1.82, 2.24) is 5.32 Å². The second-order valence-electron chi connectivity index (χ2n) is 4.33. The molecule has 19 heavy (non-hydrogen) atoms. The molecule has 1 aliphatic heterocycles. The molecule has 1 aliphatic rings. The lowest BCUT2D eigenvalue weighted by Crippen LogP contribution is -2.25. The Bertz CT molecular complexity index is 437. The molecule has 0 fully saturated rings. The lowest BCUT2D eigenvalue weighted by molar-refractivity contribution is 0.0944. The van der Waals surface area contributed by atoms with Crippen LogP contribution in [0.3, 0.4) is 0 Å². The number of amides is 1. The molecule has 2 rings (SSSR count). The van der Waals surface area contributed by atoms with Crippen molar-refractivity contribution in [1.29, 1.82) is 0 Å². The molecular weight excluding hydrogens is 266 g/mol. The fraction of sp³-hybridized carbons (Fsp3) is 0.500. The molecule has 0 atom stereocenters. The Balaban J connectivity index is 1.74. The number of hydrogen-bond acceptors (Lipinski definition) is 3. The first-order valence-electron chi connectivity index (χ1n) is 6.49. The molecule has 1 aromatic carbocycles. The lowest BCUT2D eigenvalue weighted by Gasteiger charge is -2.07. The highest BCUT2D eigenvalue weighted by Gasteiger charge is 2.14. The summed E-state index contributed by atoms with van der Waals surface area (Å²) < 4.78 is 10.6. The van der Waals surface area contributed by atoms with Crippen molar-refractivity contribution in [2.45, 2.75) is 12.8 Å². The summed E-state index contributed by atoms with van der Waals surface area (Å²) in [6, 6.07) is 5.56. The minimum atomic E-state index is -0.0490. The minimum absolute atomic E-state index is 0.0490. The summed E-state index contributed by atoms with van der Waals surface area (Å²) in [4.78, 5) is 11.9. The molecule has 1 heterocycles. The molecule has 0 spiro atoms. The lowest BCUT2D eigenvalue weighted by atomic mass is 10.1. The van der Waals surface area contributed by atoms with Crippen LogP contribution in [-0.2, 0) is 11.2 Å². The number of halogens is 1. The minimum Gasteiger partial charge on any atom is -0.493 e. The van der Waals surface area contributed by atoms with E-state index in [0.717, 1.165) is 24.2 Å². The van der Waals surface area contributed by atoms with Gasteiger partial charge in [0.25, 0.3) is 5.91 Å². The molecule has 0 aliphatic carbocycles. The average molecular weight is 284 g/mol. The summed E-state index contributed by atoms with van der Waals surface area (Å²) in [6.07, 6.45) is 1.67. The van der Waals surface area contributed by atoms with Gasteiger partial charge >= 0.3 is 0 Å². The zero-order valence-electron chi connectivity index (χ0n) is 10.8. The molecule has 1 amide bonds. The second-order valence-corrected chi connectivity index (χ2v) is 4.71. The SMILES string of the molecule is O=C(NCCCOCCCl)c1ccc2c(c1)CCO2. The van der Waals surface area contributed by atoms with E-state index in [1.165, 1.54) is 0 Å². The van der Waals surface area contributed by atoms with Crippen LogP contribution in [0.2, 0.25) is 0 Å². The molecule has 0 bridgehead atoms. The quantitative estimate of drug-likeness (QED) is 0.615. The van der Waals surface area contributed by atoms with Crippen LogP contribution in [0, 0.1) is 0 Å². The Hall–Kier alpha value is -1.26. The van der Waals surface area contributed by atoms with E-state index >= 15 is 0 Å². The maximum absolute atomic E-state index is 11.9. The predicted octanol–water partition coefficient (Wildman–Crippen LogP) is 2.00. The topological polar surface area (TPSA) is 47.6 Å². The number of carbonyl (C=O) groups excluding carboxylic acids is 1. The molecule has 0 aromatic heterocycles. The van der Waals surface area contributed by atoms with Crippen molar-refractivity contribution in [3.05, 3.63) is 29.3 Å². The number of carbonyl (C=O) groups is 1. The molecule has 0 saturated carbocycles. The van der Waals surface area contributed by atoms with Gasteiger partial charge in [-0.15, -0.1) is 11.6 Å². The highest BCUT2D eigenvalue weighted by Crippen LogP contribution is 2.25. The van der Waals surface area contributed by atoms with Crippen LogP contribution in [0.4, 0.5) is 0 Å². The molecule has 1 aromatic rings. The second kappa shape index (κ2) is 7.36. The van der Waals surface area contributed by atoms with Crippen molar-refractivity contribution in [2.75, 3.05) is 32.2 Å². The fourth-order valence-electron chi connectivity index (χ4n) is 1.96. The average Bonchev–Trinajstić information content (AvgIpc) is 2.89. The van der Waals surface area contributed by atoms with Gasteiger partial charge in [0.05, 0.1) is 13.2 Å². The highest BCUT2D eigenvalue weighted by atomic mass is 35.5. The van der Waals surface area contributed by atoms with Gasteiger partial charge in [-0.05, 0) is 30.2 Å². The molecule has 1 N–H and O–H groups in total. The Morgan fingerprint density at radius 1 is 1.42 bits per heavy atom. The molecule has 104 valence electrons. The van der Waals surface area contributed by atoms with Gasteiger partial charge < -0.3 is 14.8 Å². The van der Waals surface area contributed by atoms with Crippen LogP contribution >= 0.6 is 11.6 Å². The number of ether oxygens (including phenoxy) is 2. The normalized spacial score (nSPS) is 12.9. The van der Waals surface area contributed by atoms with E-state index in [1.807, 2.05) is 12.1 Å². The van der Waals surface area contributed by atoms with Gasteiger partial charge in [0.2, 0.25) is 0 Å². The van der Waals surface area contributed by atoms with Gasteiger partial charge in [-0.2, -0.15) is 0 Å². The van der Waals surface area contributed by atoms with Gasteiger partial charge in [0.15, 0.2) is 0 Å². The van der Waals surface area contributed by atoms with E-state index in [0.29, 0.717) is 37.8 Å². The summed E-state index contributed by atoms with van der Waals surface area (Å²) in [5, 5.41) is 2.87. The molecule has 4 nitrogen and oxygen atoms in total. The summed E-state index contributed by atoms with van der Waals surface area (Å²) >= 11 is 5.49.